The fourth-order valence-corrected chi connectivity index (χ4v) is 3.27. The molecule has 0 bridgehead atoms. The van der Waals surface area contributed by atoms with Gasteiger partial charge in [-0.1, -0.05) is 18.2 Å². The zero-order valence-corrected chi connectivity index (χ0v) is 21.2. The Balaban J connectivity index is 0.00000240. The first-order valence-corrected chi connectivity index (χ1v) is 10.6. The molecule has 3 N–H and O–H groups in total. The van der Waals surface area contributed by atoms with Crippen molar-refractivity contribution in [1.29, 1.82) is 0 Å². The number of nitrogens with zero attached hydrogens (tertiary/aromatic N) is 1. The van der Waals surface area contributed by atoms with Crippen LogP contribution in [0.15, 0.2) is 47.1 Å². The number of benzene rings is 2. The van der Waals surface area contributed by atoms with Gasteiger partial charge in [0.15, 0.2) is 0 Å². The summed E-state index contributed by atoms with van der Waals surface area (Å²) in [5.74, 6) is 1.54. The SMILES string of the molecule is Cc1ccc(CCNC[C@H](O)COc2ccc(-c3nc(Br)c(C)[nH]3)cc2)cc1C.Cl.Cl. The van der Waals surface area contributed by atoms with Gasteiger partial charge in [0.1, 0.15) is 28.9 Å². The molecule has 0 fully saturated rings. The van der Waals surface area contributed by atoms with Crippen LogP contribution in [0.3, 0.4) is 0 Å². The number of hydrogen-bond donors (Lipinski definition) is 3. The Hall–Kier alpha value is -1.57. The maximum absolute atomic E-state index is 10.1. The molecule has 0 aliphatic rings. The molecule has 3 rings (SSSR count). The second kappa shape index (κ2) is 13.1. The number of aliphatic hydroxyl groups is 1. The molecule has 0 aliphatic heterocycles. The van der Waals surface area contributed by atoms with E-state index in [0.717, 1.165) is 40.4 Å². The van der Waals surface area contributed by atoms with E-state index in [-0.39, 0.29) is 31.4 Å². The monoisotopic (exact) mass is 529 g/mol. The molecule has 31 heavy (non-hydrogen) atoms. The lowest BCUT2D eigenvalue weighted by Gasteiger charge is -2.14. The van der Waals surface area contributed by atoms with Crippen LogP contribution in [0.25, 0.3) is 11.4 Å². The number of aromatic nitrogens is 2. The number of ether oxygens (including phenoxy) is 1. The largest absolute Gasteiger partial charge is 0.491 e. The van der Waals surface area contributed by atoms with Gasteiger partial charge in [-0.15, -0.1) is 24.8 Å². The summed E-state index contributed by atoms with van der Waals surface area (Å²) in [5, 5.41) is 13.4. The topological polar surface area (TPSA) is 70.2 Å². The Morgan fingerprint density at radius 2 is 1.77 bits per heavy atom. The van der Waals surface area contributed by atoms with Crippen LogP contribution in [0.4, 0.5) is 0 Å². The minimum absolute atomic E-state index is 0. The molecular weight excluding hydrogens is 501 g/mol. The van der Waals surface area contributed by atoms with Crippen molar-refractivity contribution < 1.29 is 9.84 Å². The molecule has 0 aliphatic carbocycles. The smallest absolute Gasteiger partial charge is 0.138 e. The zero-order chi connectivity index (χ0) is 20.8. The summed E-state index contributed by atoms with van der Waals surface area (Å²) in [6, 6.07) is 14.2. The highest BCUT2D eigenvalue weighted by Gasteiger charge is 2.08. The minimum Gasteiger partial charge on any atom is -0.491 e. The van der Waals surface area contributed by atoms with Crippen molar-refractivity contribution in [3.63, 3.8) is 0 Å². The quantitative estimate of drug-likeness (QED) is 0.333. The highest BCUT2D eigenvalue weighted by Crippen LogP contribution is 2.23. The summed E-state index contributed by atoms with van der Waals surface area (Å²) in [6.07, 6.45) is 0.386. The molecule has 8 heteroatoms. The average molecular weight is 531 g/mol. The Morgan fingerprint density at radius 1 is 1.06 bits per heavy atom. The molecular formula is C23H30BrCl2N3O2. The van der Waals surface area contributed by atoms with Crippen LogP contribution in [0.2, 0.25) is 0 Å². The molecule has 1 heterocycles. The Bertz CT molecular complexity index is 929. The molecule has 0 unspecified atom stereocenters. The molecule has 0 amide bonds. The van der Waals surface area contributed by atoms with Crippen molar-refractivity contribution in [3.8, 4) is 17.1 Å². The summed E-state index contributed by atoms with van der Waals surface area (Å²) in [7, 11) is 0. The van der Waals surface area contributed by atoms with Crippen molar-refractivity contribution in [2.45, 2.75) is 33.3 Å². The third kappa shape index (κ3) is 8.13. The molecule has 2 aromatic carbocycles. The van der Waals surface area contributed by atoms with Gasteiger partial charge in [-0.05, 0) is 90.6 Å². The second-order valence-corrected chi connectivity index (χ2v) is 8.11. The van der Waals surface area contributed by atoms with Gasteiger partial charge in [-0.3, -0.25) is 0 Å². The zero-order valence-electron chi connectivity index (χ0n) is 17.9. The molecule has 5 nitrogen and oxygen atoms in total. The van der Waals surface area contributed by atoms with Gasteiger partial charge >= 0.3 is 0 Å². The van der Waals surface area contributed by atoms with E-state index in [4.69, 9.17) is 4.74 Å². The second-order valence-electron chi connectivity index (χ2n) is 7.36. The van der Waals surface area contributed by atoms with Gasteiger partial charge in [0, 0.05) is 17.8 Å². The molecule has 170 valence electrons. The number of H-pyrrole nitrogens is 1. The van der Waals surface area contributed by atoms with Gasteiger partial charge in [0.05, 0.1) is 0 Å². The van der Waals surface area contributed by atoms with Crippen LogP contribution in [0.5, 0.6) is 5.75 Å². The van der Waals surface area contributed by atoms with Crippen molar-refractivity contribution in [3.05, 3.63) is 69.5 Å². The number of aliphatic hydroxyl groups excluding tert-OH is 1. The first-order valence-electron chi connectivity index (χ1n) is 9.82. The van der Waals surface area contributed by atoms with Gasteiger partial charge in [0.25, 0.3) is 0 Å². The fraction of sp³-hybridized carbons (Fsp3) is 0.348. The summed E-state index contributed by atoms with van der Waals surface area (Å²) < 4.78 is 6.52. The maximum Gasteiger partial charge on any atom is 0.138 e. The van der Waals surface area contributed by atoms with Crippen molar-refractivity contribution in [2.24, 2.45) is 0 Å². The Labute approximate surface area is 205 Å². The predicted octanol–water partition coefficient (Wildman–Crippen LogP) is 5.18. The fourth-order valence-electron chi connectivity index (χ4n) is 3.00. The van der Waals surface area contributed by atoms with Crippen LogP contribution in [-0.2, 0) is 6.42 Å². The predicted molar refractivity (Wildman–Crippen MR) is 135 cm³/mol. The Morgan fingerprint density at radius 3 is 2.39 bits per heavy atom. The van der Waals surface area contributed by atoms with E-state index in [2.05, 4.69) is 63.3 Å². The number of nitrogens with one attached hydrogen (secondary N) is 2. The minimum atomic E-state index is -0.557. The molecule has 0 spiro atoms. The number of aromatic amines is 1. The number of halogens is 3. The van der Waals surface area contributed by atoms with Crippen LogP contribution >= 0.6 is 40.7 Å². The average Bonchev–Trinajstić information content (AvgIpc) is 3.05. The van der Waals surface area contributed by atoms with Crippen molar-refractivity contribution in [1.82, 2.24) is 15.3 Å². The first kappa shape index (κ1) is 27.5. The third-order valence-corrected chi connectivity index (χ3v) is 5.71. The summed E-state index contributed by atoms with van der Waals surface area (Å²) >= 11 is 3.41. The van der Waals surface area contributed by atoms with E-state index in [1.165, 1.54) is 16.7 Å². The number of rotatable bonds is 9. The normalized spacial score (nSPS) is 11.4. The van der Waals surface area contributed by atoms with Gasteiger partial charge in [0.2, 0.25) is 0 Å². The first-order chi connectivity index (χ1) is 13.9. The van der Waals surface area contributed by atoms with Crippen LogP contribution in [-0.4, -0.2) is 40.9 Å². The lowest BCUT2D eigenvalue weighted by molar-refractivity contribution is 0.106. The van der Waals surface area contributed by atoms with E-state index < -0.39 is 6.10 Å². The summed E-state index contributed by atoms with van der Waals surface area (Å²) in [6.45, 7) is 7.80. The van der Waals surface area contributed by atoms with Crippen molar-refractivity contribution in [2.75, 3.05) is 19.7 Å². The van der Waals surface area contributed by atoms with Crippen LogP contribution in [0.1, 0.15) is 22.4 Å². The van der Waals surface area contributed by atoms with Crippen LogP contribution in [0, 0.1) is 20.8 Å². The van der Waals surface area contributed by atoms with E-state index in [9.17, 15) is 5.11 Å². The molecule has 0 saturated heterocycles. The number of imidazole rings is 1. The Kier molecular flexibility index (Phi) is 11.6. The number of aryl methyl sites for hydroxylation is 3. The van der Waals surface area contributed by atoms with E-state index >= 15 is 0 Å². The van der Waals surface area contributed by atoms with Crippen molar-refractivity contribution >= 4 is 40.7 Å². The standard InChI is InChI=1S/C23H28BrN3O2.2ClH/c1-15-4-5-18(12-16(15)2)10-11-25-13-20(28)14-29-21-8-6-19(7-9-21)23-26-17(3)22(24)27-23;;/h4-9,12,20,25,28H,10-11,13-14H2,1-3H3,(H,26,27);2*1H/t20-;;/m0../s1. The molecule has 0 saturated carbocycles. The third-order valence-electron chi connectivity index (χ3n) is 4.94. The highest BCUT2D eigenvalue weighted by atomic mass is 79.9. The van der Waals surface area contributed by atoms with Gasteiger partial charge < -0.3 is 20.1 Å². The summed E-state index contributed by atoms with van der Waals surface area (Å²) in [5.41, 5.74) is 5.92. The molecule has 0 radical (unpaired) electrons. The van der Waals surface area contributed by atoms with Gasteiger partial charge in [-0.2, -0.15) is 0 Å². The molecule has 3 aromatic rings. The highest BCUT2D eigenvalue weighted by molar-refractivity contribution is 9.10. The van der Waals surface area contributed by atoms with E-state index in [0.29, 0.717) is 6.54 Å². The van der Waals surface area contributed by atoms with Gasteiger partial charge in [-0.25, -0.2) is 4.98 Å². The molecule has 1 aromatic heterocycles. The lowest BCUT2D eigenvalue weighted by atomic mass is 10.0. The lowest BCUT2D eigenvalue weighted by Crippen LogP contribution is -2.32. The molecule has 1 atom stereocenters. The summed E-state index contributed by atoms with van der Waals surface area (Å²) in [4.78, 5) is 7.66. The van der Waals surface area contributed by atoms with E-state index in [1.54, 1.807) is 0 Å². The van der Waals surface area contributed by atoms with E-state index in [1.807, 2.05) is 31.2 Å². The van der Waals surface area contributed by atoms with Crippen LogP contribution < -0.4 is 10.1 Å². The number of hydrogen-bond acceptors (Lipinski definition) is 4. The maximum atomic E-state index is 10.1.